The van der Waals surface area contributed by atoms with Gasteiger partial charge in [0, 0.05) is 12.6 Å². The average Bonchev–Trinajstić information content (AvgIpc) is 2.36. The van der Waals surface area contributed by atoms with Crippen molar-refractivity contribution < 1.29 is 0 Å². The summed E-state index contributed by atoms with van der Waals surface area (Å²) >= 11 is 0. The molecule has 1 nitrogen and oxygen atoms in total. The summed E-state index contributed by atoms with van der Waals surface area (Å²) in [6, 6.07) is 0.836. The van der Waals surface area contributed by atoms with Gasteiger partial charge in [-0.1, -0.05) is 6.92 Å². The molecule has 52 valence electrons. The number of fused-ring (bicyclic) bond motifs is 1. The van der Waals surface area contributed by atoms with Crippen LogP contribution in [0.1, 0.15) is 20.3 Å². The molecule has 2 fully saturated rings. The van der Waals surface area contributed by atoms with Gasteiger partial charge in [0.15, 0.2) is 0 Å². The molecule has 1 heterocycles. The summed E-state index contributed by atoms with van der Waals surface area (Å²) in [7, 11) is 2.24. The van der Waals surface area contributed by atoms with Gasteiger partial charge >= 0.3 is 0 Å². The molecule has 0 N–H and O–H groups in total. The minimum Gasteiger partial charge on any atom is -0.303 e. The molecule has 2 rings (SSSR count). The summed E-state index contributed by atoms with van der Waals surface area (Å²) in [5, 5.41) is 0. The highest BCUT2D eigenvalue weighted by Gasteiger charge is 2.59. The zero-order chi connectivity index (χ0) is 6.65. The summed E-state index contributed by atoms with van der Waals surface area (Å²) in [6.45, 7) is 6.12. The molecular weight excluding hydrogens is 110 g/mol. The largest absolute Gasteiger partial charge is 0.303 e. The Morgan fingerprint density at radius 2 is 2.22 bits per heavy atom. The fourth-order valence-electron chi connectivity index (χ4n) is 2.27. The van der Waals surface area contributed by atoms with Crippen molar-refractivity contribution in [3.63, 3.8) is 0 Å². The van der Waals surface area contributed by atoms with Crippen molar-refractivity contribution in [3.05, 3.63) is 0 Å². The molecule has 9 heavy (non-hydrogen) atoms. The van der Waals surface area contributed by atoms with Crippen LogP contribution in [0.15, 0.2) is 0 Å². The second-order valence-corrected chi connectivity index (χ2v) is 4.02. The molecule has 3 atom stereocenters. The number of rotatable bonds is 0. The number of nitrogens with zero attached hydrogens (tertiary/aromatic N) is 1. The first-order valence-corrected chi connectivity index (χ1v) is 3.85. The van der Waals surface area contributed by atoms with E-state index < -0.39 is 0 Å². The molecule has 0 aromatic carbocycles. The van der Waals surface area contributed by atoms with Gasteiger partial charge in [0.05, 0.1) is 0 Å². The van der Waals surface area contributed by atoms with Gasteiger partial charge in [-0.3, -0.25) is 0 Å². The lowest BCUT2D eigenvalue weighted by atomic mass is 10.0. The van der Waals surface area contributed by atoms with Gasteiger partial charge in [0.1, 0.15) is 0 Å². The fourth-order valence-corrected chi connectivity index (χ4v) is 2.27. The molecule has 0 spiro atoms. The second kappa shape index (κ2) is 1.34. The average molecular weight is 125 g/mol. The van der Waals surface area contributed by atoms with Crippen LogP contribution in [0, 0.1) is 11.3 Å². The van der Waals surface area contributed by atoms with E-state index in [1.807, 2.05) is 0 Å². The van der Waals surface area contributed by atoms with Crippen molar-refractivity contribution in [2.75, 3.05) is 13.6 Å². The number of hydrogen-bond acceptors (Lipinski definition) is 1. The van der Waals surface area contributed by atoms with E-state index in [4.69, 9.17) is 0 Å². The number of hydrogen-bond donors (Lipinski definition) is 0. The molecule has 1 aliphatic heterocycles. The van der Waals surface area contributed by atoms with Crippen LogP contribution in [-0.2, 0) is 0 Å². The van der Waals surface area contributed by atoms with Gasteiger partial charge in [-0.05, 0) is 31.7 Å². The molecule has 1 saturated heterocycles. The SMILES string of the molecule is C[C@@H]1N(C)CC2CC21C. The molecule has 2 unspecified atom stereocenters. The van der Waals surface area contributed by atoms with Crippen LogP contribution in [0.2, 0.25) is 0 Å². The molecule has 1 heteroatoms. The standard InChI is InChI=1S/C8H15N/c1-6-8(2)4-7(8)5-9(6)3/h6-7H,4-5H2,1-3H3/t6-,7?,8?/m0/s1. The smallest absolute Gasteiger partial charge is 0.0121 e. The lowest BCUT2D eigenvalue weighted by Crippen LogP contribution is -2.29. The zero-order valence-electron chi connectivity index (χ0n) is 6.52. The Labute approximate surface area is 57.0 Å². The highest BCUT2D eigenvalue weighted by atomic mass is 15.2. The first-order valence-electron chi connectivity index (χ1n) is 3.85. The Bertz CT molecular complexity index is 144. The van der Waals surface area contributed by atoms with E-state index in [0.29, 0.717) is 0 Å². The first-order chi connectivity index (χ1) is 4.14. The predicted molar refractivity (Wildman–Crippen MR) is 38.3 cm³/mol. The minimum atomic E-state index is 0.717. The van der Waals surface area contributed by atoms with E-state index in [9.17, 15) is 0 Å². The molecule has 1 saturated carbocycles. The van der Waals surface area contributed by atoms with Crippen LogP contribution in [0.4, 0.5) is 0 Å². The highest BCUT2D eigenvalue weighted by molar-refractivity contribution is 5.11. The van der Waals surface area contributed by atoms with Crippen LogP contribution in [-0.4, -0.2) is 24.5 Å². The van der Waals surface area contributed by atoms with E-state index in [1.54, 1.807) is 0 Å². The van der Waals surface area contributed by atoms with Crippen LogP contribution < -0.4 is 0 Å². The van der Waals surface area contributed by atoms with Gasteiger partial charge in [-0.25, -0.2) is 0 Å². The van der Waals surface area contributed by atoms with E-state index in [2.05, 4.69) is 25.8 Å². The van der Waals surface area contributed by atoms with Crippen molar-refractivity contribution >= 4 is 0 Å². The predicted octanol–water partition coefficient (Wildman–Crippen LogP) is 1.35. The third-order valence-electron chi connectivity index (χ3n) is 3.58. The molecule has 0 aromatic rings. The second-order valence-electron chi connectivity index (χ2n) is 4.02. The summed E-state index contributed by atoms with van der Waals surface area (Å²) in [4.78, 5) is 2.48. The first kappa shape index (κ1) is 5.72. The maximum Gasteiger partial charge on any atom is 0.0121 e. The maximum absolute atomic E-state index is 2.48. The number of likely N-dealkylation sites (tertiary alicyclic amines) is 1. The molecular formula is C8H15N. The van der Waals surface area contributed by atoms with Gasteiger partial charge in [0.25, 0.3) is 0 Å². The minimum absolute atomic E-state index is 0.717. The third kappa shape index (κ3) is 0.536. The Morgan fingerprint density at radius 3 is 2.44 bits per heavy atom. The van der Waals surface area contributed by atoms with Gasteiger partial charge < -0.3 is 4.90 Å². The van der Waals surface area contributed by atoms with E-state index >= 15 is 0 Å². The molecule has 0 radical (unpaired) electrons. The van der Waals surface area contributed by atoms with Gasteiger partial charge in [-0.15, -0.1) is 0 Å². The van der Waals surface area contributed by atoms with Crippen molar-refractivity contribution in [3.8, 4) is 0 Å². The topological polar surface area (TPSA) is 3.24 Å². The lowest BCUT2D eigenvalue weighted by molar-refractivity contribution is 0.249. The van der Waals surface area contributed by atoms with E-state index in [0.717, 1.165) is 17.4 Å². The van der Waals surface area contributed by atoms with Crippen molar-refractivity contribution in [2.45, 2.75) is 26.3 Å². The van der Waals surface area contributed by atoms with Crippen LogP contribution >= 0.6 is 0 Å². The molecule has 1 aliphatic carbocycles. The normalized spacial score (nSPS) is 57.7. The van der Waals surface area contributed by atoms with E-state index in [1.165, 1.54) is 13.0 Å². The van der Waals surface area contributed by atoms with Crippen LogP contribution in [0.25, 0.3) is 0 Å². The van der Waals surface area contributed by atoms with Crippen molar-refractivity contribution in [2.24, 2.45) is 11.3 Å². The molecule has 0 aromatic heterocycles. The molecule has 2 aliphatic rings. The van der Waals surface area contributed by atoms with Crippen LogP contribution in [0.3, 0.4) is 0 Å². The summed E-state index contributed by atoms with van der Waals surface area (Å²) in [5.41, 5.74) is 0.717. The third-order valence-corrected chi connectivity index (χ3v) is 3.58. The van der Waals surface area contributed by atoms with Gasteiger partial charge in [0.2, 0.25) is 0 Å². The van der Waals surface area contributed by atoms with Crippen molar-refractivity contribution in [1.82, 2.24) is 4.90 Å². The van der Waals surface area contributed by atoms with Crippen molar-refractivity contribution in [1.29, 1.82) is 0 Å². The highest BCUT2D eigenvalue weighted by Crippen LogP contribution is 2.60. The monoisotopic (exact) mass is 125 g/mol. The Balaban J connectivity index is 2.18. The Kier molecular flexibility index (Phi) is 0.852. The summed E-state index contributed by atoms with van der Waals surface area (Å²) < 4.78 is 0. The lowest BCUT2D eigenvalue weighted by Gasteiger charge is -2.22. The van der Waals surface area contributed by atoms with Crippen LogP contribution in [0.5, 0.6) is 0 Å². The summed E-state index contributed by atoms with van der Waals surface area (Å²) in [5.74, 6) is 1.04. The van der Waals surface area contributed by atoms with Gasteiger partial charge in [-0.2, -0.15) is 0 Å². The molecule has 0 amide bonds. The fraction of sp³-hybridized carbons (Fsp3) is 1.00. The Morgan fingerprint density at radius 1 is 1.56 bits per heavy atom. The molecule has 0 bridgehead atoms. The van der Waals surface area contributed by atoms with E-state index in [-0.39, 0.29) is 0 Å². The summed E-state index contributed by atoms with van der Waals surface area (Å²) in [6.07, 6.45) is 1.48. The number of piperidine rings is 1. The quantitative estimate of drug-likeness (QED) is 0.472. The maximum atomic E-state index is 2.48. The zero-order valence-corrected chi connectivity index (χ0v) is 6.52. The Hall–Kier alpha value is -0.0400.